The quantitative estimate of drug-likeness (QED) is 0.794. The smallest absolute Gasteiger partial charge is 0.328 e. The largest absolute Gasteiger partial charge is 0.459 e. The maximum Gasteiger partial charge on any atom is 0.328 e. The molecule has 0 aliphatic carbocycles. The van der Waals surface area contributed by atoms with Crippen molar-refractivity contribution in [3.05, 3.63) is 28.6 Å². The molecular formula is C13H14BrFN2O2. The van der Waals surface area contributed by atoms with E-state index < -0.39 is 5.60 Å². The summed E-state index contributed by atoms with van der Waals surface area (Å²) in [6, 6.07) is 2.97. The lowest BCUT2D eigenvalue weighted by Gasteiger charge is -2.19. The van der Waals surface area contributed by atoms with Crippen molar-refractivity contribution in [1.29, 1.82) is 0 Å². The number of ether oxygens (including phenoxy) is 1. The van der Waals surface area contributed by atoms with Crippen LogP contribution in [0, 0.1) is 5.82 Å². The van der Waals surface area contributed by atoms with E-state index in [-0.39, 0.29) is 18.3 Å². The topological polar surface area (TPSA) is 44.1 Å². The minimum absolute atomic E-state index is 0.00115. The van der Waals surface area contributed by atoms with Gasteiger partial charge in [-0.1, -0.05) is 0 Å². The first-order chi connectivity index (χ1) is 8.76. The van der Waals surface area contributed by atoms with Gasteiger partial charge in [-0.25, -0.2) is 4.39 Å². The van der Waals surface area contributed by atoms with Crippen LogP contribution < -0.4 is 0 Å². The molecule has 0 aliphatic rings. The van der Waals surface area contributed by atoms with E-state index in [4.69, 9.17) is 4.74 Å². The molecule has 0 N–H and O–H groups in total. The second kappa shape index (κ2) is 4.92. The molecule has 19 heavy (non-hydrogen) atoms. The lowest BCUT2D eigenvalue weighted by Crippen LogP contribution is -2.26. The van der Waals surface area contributed by atoms with Gasteiger partial charge in [0, 0.05) is 5.39 Å². The number of fused-ring (bicyclic) bond motifs is 1. The lowest BCUT2D eigenvalue weighted by atomic mass is 10.2. The molecule has 2 aromatic rings. The van der Waals surface area contributed by atoms with E-state index in [2.05, 4.69) is 21.0 Å². The van der Waals surface area contributed by atoms with Gasteiger partial charge in [-0.05, 0) is 48.8 Å². The number of hydrogen-bond donors (Lipinski definition) is 0. The molecule has 0 saturated carbocycles. The first kappa shape index (κ1) is 14.0. The zero-order chi connectivity index (χ0) is 14.2. The Kier molecular flexibility index (Phi) is 3.62. The zero-order valence-electron chi connectivity index (χ0n) is 10.9. The number of rotatable bonds is 2. The number of aromatic nitrogens is 2. The predicted octanol–water partition coefficient (Wildman–Crippen LogP) is 3.28. The Bertz CT molecular complexity index is 631. The Morgan fingerprint density at radius 1 is 1.47 bits per heavy atom. The average Bonchev–Trinajstić information content (AvgIpc) is 2.59. The lowest BCUT2D eigenvalue weighted by molar-refractivity contribution is -0.155. The summed E-state index contributed by atoms with van der Waals surface area (Å²) in [6.07, 6.45) is 1.52. The van der Waals surface area contributed by atoms with Crippen LogP contribution in [0.25, 0.3) is 10.9 Å². The van der Waals surface area contributed by atoms with E-state index in [9.17, 15) is 9.18 Å². The molecule has 6 heteroatoms. The Labute approximate surface area is 118 Å². The van der Waals surface area contributed by atoms with Crippen LogP contribution in [0.1, 0.15) is 20.8 Å². The van der Waals surface area contributed by atoms with Crippen LogP contribution in [0.3, 0.4) is 0 Å². The number of carbonyl (C=O) groups excluding carboxylic acids is 1. The van der Waals surface area contributed by atoms with E-state index >= 15 is 0 Å². The molecule has 0 aliphatic heterocycles. The third-order valence-electron chi connectivity index (χ3n) is 2.38. The van der Waals surface area contributed by atoms with Crippen molar-refractivity contribution in [3.63, 3.8) is 0 Å². The van der Waals surface area contributed by atoms with Crippen molar-refractivity contribution in [2.24, 2.45) is 0 Å². The van der Waals surface area contributed by atoms with Crippen molar-refractivity contribution in [2.45, 2.75) is 32.9 Å². The normalized spacial score (nSPS) is 11.8. The SMILES string of the molecule is CC(C)(C)OC(=O)Cn1ncc2cc(F)c(Br)cc21. The van der Waals surface area contributed by atoms with Gasteiger partial charge >= 0.3 is 5.97 Å². The van der Waals surface area contributed by atoms with Gasteiger partial charge in [0.25, 0.3) is 0 Å². The fourth-order valence-corrected chi connectivity index (χ4v) is 2.03. The minimum atomic E-state index is -0.535. The van der Waals surface area contributed by atoms with Crippen molar-refractivity contribution in [2.75, 3.05) is 0 Å². The summed E-state index contributed by atoms with van der Waals surface area (Å²) in [7, 11) is 0. The number of nitrogens with zero attached hydrogens (tertiary/aromatic N) is 2. The second-order valence-corrected chi connectivity index (χ2v) is 6.07. The van der Waals surface area contributed by atoms with Crippen LogP contribution in [-0.2, 0) is 16.1 Å². The van der Waals surface area contributed by atoms with Crippen LogP contribution >= 0.6 is 15.9 Å². The van der Waals surface area contributed by atoms with Crippen LogP contribution in [-0.4, -0.2) is 21.4 Å². The number of halogens is 2. The molecule has 2 rings (SSSR count). The summed E-state index contributed by atoms with van der Waals surface area (Å²) in [6.45, 7) is 5.41. The van der Waals surface area contributed by atoms with Crippen LogP contribution in [0.4, 0.5) is 4.39 Å². The van der Waals surface area contributed by atoms with Gasteiger partial charge in [0.2, 0.25) is 0 Å². The molecule has 0 spiro atoms. The average molecular weight is 329 g/mol. The fourth-order valence-electron chi connectivity index (χ4n) is 1.69. The highest BCUT2D eigenvalue weighted by atomic mass is 79.9. The van der Waals surface area contributed by atoms with Crippen molar-refractivity contribution in [3.8, 4) is 0 Å². The molecule has 0 amide bonds. The molecule has 0 fully saturated rings. The van der Waals surface area contributed by atoms with Crippen molar-refractivity contribution >= 4 is 32.8 Å². The summed E-state index contributed by atoms with van der Waals surface area (Å²) in [5, 5.41) is 4.72. The molecule has 1 heterocycles. The first-order valence-corrected chi connectivity index (χ1v) is 6.58. The predicted molar refractivity (Wildman–Crippen MR) is 73.2 cm³/mol. The Balaban J connectivity index is 2.27. The number of benzene rings is 1. The fraction of sp³-hybridized carbons (Fsp3) is 0.385. The van der Waals surface area contributed by atoms with Gasteiger partial charge in [-0.2, -0.15) is 5.10 Å². The number of hydrogen-bond acceptors (Lipinski definition) is 3. The van der Waals surface area contributed by atoms with Crippen LogP contribution in [0.5, 0.6) is 0 Å². The molecule has 1 aromatic heterocycles. The summed E-state index contributed by atoms with van der Waals surface area (Å²) >= 11 is 3.12. The molecule has 4 nitrogen and oxygen atoms in total. The molecular weight excluding hydrogens is 315 g/mol. The summed E-state index contributed by atoms with van der Waals surface area (Å²) in [4.78, 5) is 11.8. The summed E-state index contributed by atoms with van der Waals surface area (Å²) in [5.74, 6) is -0.734. The van der Waals surface area contributed by atoms with Gasteiger partial charge in [0.05, 0.1) is 16.2 Å². The molecule has 1 aromatic carbocycles. The monoisotopic (exact) mass is 328 g/mol. The van der Waals surface area contributed by atoms with Crippen molar-refractivity contribution in [1.82, 2.24) is 9.78 Å². The van der Waals surface area contributed by atoms with Gasteiger partial charge < -0.3 is 4.74 Å². The Morgan fingerprint density at radius 2 is 2.16 bits per heavy atom. The standard InChI is InChI=1S/C13H14BrFN2O2/c1-13(2,3)19-12(18)7-17-11-5-9(14)10(15)4-8(11)6-16-17/h4-6H,7H2,1-3H3. The molecule has 0 bridgehead atoms. The van der Waals surface area contributed by atoms with E-state index in [0.29, 0.717) is 15.4 Å². The maximum absolute atomic E-state index is 13.4. The van der Waals surface area contributed by atoms with E-state index in [1.54, 1.807) is 26.8 Å². The van der Waals surface area contributed by atoms with E-state index in [1.807, 2.05) is 0 Å². The first-order valence-electron chi connectivity index (χ1n) is 5.79. The van der Waals surface area contributed by atoms with E-state index in [1.165, 1.54) is 16.9 Å². The number of esters is 1. The highest BCUT2D eigenvalue weighted by molar-refractivity contribution is 9.10. The van der Waals surface area contributed by atoms with Gasteiger partial charge in [-0.3, -0.25) is 9.48 Å². The molecule has 102 valence electrons. The Morgan fingerprint density at radius 3 is 2.79 bits per heavy atom. The van der Waals surface area contributed by atoms with Crippen LogP contribution in [0.2, 0.25) is 0 Å². The van der Waals surface area contributed by atoms with Gasteiger partial charge in [0.1, 0.15) is 18.0 Å². The third kappa shape index (κ3) is 3.32. The molecule has 0 saturated heterocycles. The second-order valence-electron chi connectivity index (χ2n) is 5.21. The van der Waals surface area contributed by atoms with Gasteiger partial charge in [0.15, 0.2) is 0 Å². The highest BCUT2D eigenvalue weighted by Gasteiger charge is 2.18. The van der Waals surface area contributed by atoms with E-state index in [0.717, 1.165) is 0 Å². The summed E-state index contributed by atoms with van der Waals surface area (Å²) < 4.78 is 20.4. The Hall–Kier alpha value is -1.43. The molecule has 0 atom stereocenters. The maximum atomic E-state index is 13.4. The zero-order valence-corrected chi connectivity index (χ0v) is 12.5. The molecule has 0 radical (unpaired) electrons. The minimum Gasteiger partial charge on any atom is -0.459 e. The van der Waals surface area contributed by atoms with Crippen molar-refractivity contribution < 1.29 is 13.9 Å². The van der Waals surface area contributed by atoms with Crippen LogP contribution in [0.15, 0.2) is 22.8 Å². The number of carbonyl (C=O) groups is 1. The van der Waals surface area contributed by atoms with Gasteiger partial charge in [-0.15, -0.1) is 0 Å². The highest BCUT2D eigenvalue weighted by Crippen LogP contribution is 2.23. The summed E-state index contributed by atoms with van der Waals surface area (Å²) in [5.41, 5.74) is 0.145. The molecule has 0 unspecified atom stereocenters. The third-order valence-corrected chi connectivity index (χ3v) is 2.99.